The fourth-order valence-corrected chi connectivity index (χ4v) is 4.21. The number of rotatable bonds is 3. The van der Waals surface area contributed by atoms with Crippen LogP contribution in [0.25, 0.3) is 0 Å². The number of likely N-dealkylation sites (tertiary alicyclic amines) is 1. The van der Waals surface area contributed by atoms with Gasteiger partial charge in [0.25, 0.3) is 0 Å². The first-order valence-electron chi connectivity index (χ1n) is 8.24. The van der Waals surface area contributed by atoms with Crippen molar-refractivity contribution >= 4 is 0 Å². The maximum atomic E-state index is 10.2. The summed E-state index contributed by atoms with van der Waals surface area (Å²) in [5.74, 6) is 1.06. The molecule has 3 rings (SSSR count). The maximum Gasteiger partial charge on any atom is 0.124 e. The highest BCUT2D eigenvalue weighted by atomic mass is 16.5. The van der Waals surface area contributed by atoms with E-state index in [1.54, 1.807) is 13.2 Å². The van der Waals surface area contributed by atoms with Crippen LogP contribution in [0.5, 0.6) is 11.5 Å². The van der Waals surface area contributed by atoms with Crippen LogP contribution in [-0.2, 0) is 0 Å². The van der Waals surface area contributed by atoms with Crippen LogP contribution < -0.4 is 4.74 Å². The molecule has 1 saturated heterocycles. The third-order valence-corrected chi connectivity index (χ3v) is 5.76. The summed E-state index contributed by atoms with van der Waals surface area (Å²) in [7, 11) is 1.63. The summed E-state index contributed by atoms with van der Waals surface area (Å²) in [6, 6.07) is 5.93. The predicted octanol–water partition coefficient (Wildman–Crippen LogP) is 4.12. The summed E-state index contributed by atoms with van der Waals surface area (Å²) in [4.78, 5) is 2.52. The third kappa shape index (κ3) is 2.89. The fourth-order valence-electron chi connectivity index (χ4n) is 4.21. The number of ether oxygens (including phenoxy) is 1. The van der Waals surface area contributed by atoms with Gasteiger partial charge in [-0.05, 0) is 57.2 Å². The Hall–Kier alpha value is -1.22. The molecule has 0 aromatic heterocycles. The van der Waals surface area contributed by atoms with Gasteiger partial charge in [-0.15, -0.1) is 0 Å². The van der Waals surface area contributed by atoms with Gasteiger partial charge in [-0.2, -0.15) is 0 Å². The van der Waals surface area contributed by atoms with Crippen molar-refractivity contribution in [3.63, 3.8) is 0 Å². The number of hydrogen-bond acceptors (Lipinski definition) is 3. The van der Waals surface area contributed by atoms with Crippen molar-refractivity contribution in [2.24, 2.45) is 5.41 Å². The molecule has 1 atom stereocenters. The molecule has 1 N–H and O–H groups in total. The summed E-state index contributed by atoms with van der Waals surface area (Å²) in [5.41, 5.74) is 1.66. The normalized spacial score (nSPS) is 23.3. The first-order valence-corrected chi connectivity index (χ1v) is 8.24. The van der Waals surface area contributed by atoms with Gasteiger partial charge in [-0.3, -0.25) is 4.90 Å². The summed E-state index contributed by atoms with van der Waals surface area (Å²) < 4.78 is 5.16. The molecule has 2 fully saturated rings. The number of methoxy groups -OCH3 is 1. The molecule has 0 bridgehead atoms. The number of hydrogen-bond donors (Lipinski definition) is 1. The van der Waals surface area contributed by atoms with Crippen LogP contribution in [0.1, 0.15) is 57.1 Å². The number of phenolic OH excluding ortho intramolecular Hbond substituents is 1. The number of phenols is 1. The molecule has 1 unspecified atom stereocenters. The van der Waals surface area contributed by atoms with Gasteiger partial charge in [0, 0.05) is 17.7 Å². The van der Waals surface area contributed by atoms with Gasteiger partial charge in [-0.25, -0.2) is 0 Å². The molecule has 0 amide bonds. The van der Waals surface area contributed by atoms with E-state index < -0.39 is 0 Å². The summed E-state index contributed by atoms with van der Waals surface area (Å²) in [6.45, 7) is 4.52. The predicted molar refractivity (Wildman–Crippen MR) is 84.8 cm³/mol. The van der Waals surface area contributed by atoms with Crippen molar-refractivity contribution in [1.82, 2.24) is 4.90 Å². The van der Waals surface area contributed by atoms with E-state index in [0.717, 1.165) is 18.7 Å². The standard InChI is InChI=1S/C18H27NO2/c1-14(16-6-5-15(21-2)13-17(16)20)19-11-9-18(10-12-19)7-3-4-8-18/h5-6,13-14,20H,3-4,7-12H2,1-2H3. The number of benzene rings is 1. The molecule has 2 aliphatic rings. The van der Waals surface area contributed by atoms with E-state index in [2.05, 4.69) is 11.8 Å². The van der Waals surface area contributed by atoms with Gasteiger partial charge in [0.1, 0.15) is 11.5 Å². The van der Waals surface area contributed by atoms with Gasteiger partial charge in [0.15, 0.2) is 0 Å². The zero-order valence-electron chi connectivity index (χ0n) is 13.3. The first-order chi connectivity index (χ1) is 10.1. The molecule has 1 aliphatic heterocycles. The van der Waals surface area contributed by atoms with E-state index in [9.17, 15) is 5.11 Å². The van der Waals surface area contributed by atoms with Gasteiger partial charge in [0.2, 0.25) is 0 Å². The van der Waals surface area contributed by atoms with Crippen molar-refractivity contribution in [3.05, 3.63) is 23.8 Å². The van der Waals surface area contributed by atoms with Crippen LogP contribution in [0.3, 0.4) is 0 Å². The molecule has 116 valence electrons. The highest BCUT2D eigenvalue weighted by Crippen LogP contribution is 2.47. The van der Waals surface area contributed by atoms with Crippen LogP contribution in [-0.4, -0.2) is 30.2 Å². The molecule has 0 radical (unpaired) electrons. The lowest BCUT2D eigenvalue weighted by Gasteiger charge is -2.42. The van der Waals surface area contributed by atoms with E-state index in [1.807, 2.05) is 12.1 Å². The van der Waals surface area contributed by atoms with Crippen molar-refractivity contribution in [2.75, 3.05) is 20.2 Å². The molecule has 1 spiro atoms. The lowest BCUT2D eigenvalue weighted by atomic mass is 9.76. The lowest BCUT2D eigenvalue weighted by molar-refractivity contribution is 0.0805. The Morgan fingerprint density at radius 1 is 1.14 bits per heavy atom. The average Bonchev–Trinajstić information content (AvgIpc) is 2.95. The second kappa shape index (κ2) is 5.88. The Bertz CT molecular complexity index is 484. The van der Waals surface area contributed by atoms with Crippen LogP contribution in [0, 0.1) is 5.41 Å². The highest BCUT2D eigenvalue weighted by Gasteiger charge is 2.38. The van der Waals surface area contributed by atoms with Crippen LogP contribution >= 0.6 is 0 Å². The van der Waals surface area contributed by atoms with Gasteiger partial charge >= 0.3 is 0 Å². The minimum Gasteiger partial charge on any atom is -0.507 e. The van der Waals surface area contributed by atoms with Crippen LogP contribution in [0.4, 0.5) is 0 Å². The van der Waals surface area contributed by atoms with Gasteiger partial charge < -0.3 is 9.84 Å². The number of aromatic hydroxyl groups is 1. The molecule has 3 heteroatoms. The molecule has 1 aromatic rings. The highest BCUT2D eigenvalue weighted by molar-refractivity contribution is 5.41. The average molecular weight is 289 g/mol. The molecule has 1 heterocycles. The second-order valence-corrected chi connectivity index (χ2v) is 6.84. The fraction of sp³-hybridized carbons (Fsp3) is 0.667. The van der Waals surface area contributed by atoms with Crippen molar-refractivity contribution in [2.45, 2.75) is 51.5 Å². The molecular formula is C18H27NO2. The van der Waals surface area contributed by atoms with Crippen LogP contribution in [0.2, 0.25) is 0 Å². The Morgan fingerprint density at radius 2 is 1.81 bits per heavy atom. The number of piperidine rings is 1. The zero-order chi connectivity index (χ0) is 14.9. The monoisotopic (exact) mass is 289 g/mol. The van der Waals surface area contributed by atoms with E-state index in [-0.39, 0.29) is 6.04 Å². The maximum absolute atomic E-state index is 10.2. The first kappa shape index (κ1) is 14.7. The van der Waals surface area contributed by atoms with E-state index in [4.69, 9.17) is 4.74 Å². The molecular weight excluding hydrogens is 262 g/mol. The Labute approximate surface area is 127 Å². The Kier molecular flexibility index (Phi) is 4.12. The third-order valence-electron chi connectivity index (χ3n) is 5.76. The van der Waals surface area contributed by atoms with E-state index >= 15 is 0 Å². The summed E-state index contributed by atoms with van der Waals surface area (Å²) in [5, 5.41) is 10.2. The van der Waals surface area contributed by atoms with E-state index in [1.165, 1.54) is 38.5 Å². The van der Waals surface area contributed by atoms with Gasteiger partial charge in [-0.1, -0.05) is 18.9 Å². The number of nitrogens with zero attached hydrogens (tertiary/aromatic N) is 1. The SMILES string of the molecule is COc1ccc(C(C)N2CCC3(CCCC3)CC2)c(O)c1. The quantitative estimate of drug-likeness (QED) is 0.908. The second-order valence-electron chi connectivity index (χ2n) is 6.84. The van der Waals surface area contributed by atoms with Gasteiger partial charge in [0.05, 0.1) is 7.11 Å². The van der Waals surface area contributed by atoms with Crippen molar-refractivity contribution in [3.8, 4) is 11.5 Å². The minimum absolute atomic E-state index is 0.273. The smallest absolute Gasteiger partial charge is 0.124 e. The van der Waals surface area contributed by atoms with Crippen molar-refractivity contribution in [1.29, 1.82) is 0 Å². The summed E-state index contributed by atoms with van der Waals surface area (Å²) in [6.07, 6.45) is 8.37. The lowest BCUT2D eigenvalue weighted by Crippen LogP contribution is -2.40. The van der Waals surface area contributed by atoms with E-state index in [0.29, 0.717) is 16.9 Å². The molecule has 21 heavy (non-hydrogen) atoms. The Balaban J connectivity index is 1.67. The van der Waals surface area contributed by atoms with Crippen molar-refractivity contribution < 1.29 is 9.84 Å². The van der Waals surface area contributed by atoms with Crippen LogP contribution in [0.15, 0.2) is 18.2 Å². The topological polar surface area (TPSA) is 32.7 Å². The molecule has 1 saturated carbocycles. The minimum atomic E-state index is 0.273. The largest absolute Gasteiger partial charge is 0.507 e. The Morgan fingerprint density at radius 3 is 2.38 bits per heavy atom. The zero-order valence-corrected chi connectivity index (χ0v) is 13.3. The molecule has 3 nitrogen and oxygen atoms in total. The summed E-state index contributed by atoms with van der Waals surface area (Å²) >= 11 is 0. The molecule has 1 aromatic carbocycles. The molecule has 1 aliphatic carbocycles.